The van der Waals surface area contributed by atoms with E-state index in [2.05, 4.69) is 4.98 Å². The van der Waals surface area contributed by atoms with Crippen molar-refractivity contribution < 1.29 is 18.1 Å². The van der Waals surface area contributed by atoms with Crippen LogP contribution < -0.4 is 0 Å². The molecule has 1 aromatic rings. The topological polar surface area (TPSA) is 79.8 Å². The molecule has 0 aliphatic carbocycles. The Labute approximate surface area is 87.3 Å². The van der Waals surface area contributed by atoms with E-state index >= 15 is 0 Å². The quantitative estimate of drug-likeness (QED) is 0.576. The molecule has 0 atom stereocenters. The molecule has 1 rings (SSSR count). The molecule has 0 unspecified atom stereocenters. The van der Waals surface area contributed by atoms with Gasteiger partial charge >= 0.3 is 6.18 Å². The fraction of sp³-hybridized carbons (Fsp3) is 0.250. The zero-order valence-corrected chi connectivity index (χ0v) is 7.65. The summed E-state index contributed by atoms with van der Waals surface area (Å²) in [5.74, 6) is 0. The van der Waals surface area contributed by atoms with Crippen molar-refractivity contribution in [2.24, 2.45) is 0 Å². The van der Waals surface area contributed by atoms with Crippen LogP contribution in [0.5, 0.6) is 0 Å². The lowest BCUT2D eigenvalue weighted by Gasteiger charge is -2.08. The van der Waals surface area contributed by atoms with Gasteiger partial charge in [-0.25, -0.2) is 4.98 Å². The van der Waals surface area contributed by atoms with Crippen LogP contribution in [0.15, 0.2) is 12.3 Å². The fourth-order valence-corrected chi connectivity index (χ4v) is 1.07. The van der Waals surface area contributed by atoms with Gasteiger partial charge in [0.05, 0.1) is 17.4 Å². The number of hydrogen-bond acceptors (Lipinski definition) is 4. The highest BCUT2D eigenvalue weighted by Gasteiger charge is 2.36. The maximum Gasteiger partial charge on any atom is 0.433 e. The highest BCUT2D eigenvalue weighted by molar-refractivity contribution is 5.36. The second-order valence-corrected chi connectivity index (χ2v) is 2.79. The van der Waals surface area contributed by atoms with Crippen LogP contribution >= 0.6 is 0 Å². The van der Waals surface area contributed by atoms with Crippen molar-refractivity contribution in [2.75, 3.05) is 0 Å². The van der Waals surface area contributed by atoms with Crippen LogP contribution in [0.1, 0.15) is 11.3 Å². The Hall–Kier alpha value is -2.17. The van der Waals surface area contributed by atoms with Gasteiger partial charge in [0.2, 0.25) is 0 Å². The highest BCUT2D eigenvalue weighted by atomic mass is 19.4. The van der Waals surface area contributed by atoms with Gasteiger partial charge in [0.15, 0.2) is 0 Å². The first-order valence-corrected chi connectivity index (χ1v) is 3.93. The van der Waals surface area contributed by atoms with Gasteiger partial charge in [-0.2, -0.15) is 18.4 Å². The molecule has 0 spiro atoms. The Morgan fingerprint density at radius 3 is 2.62 bits per heavy atom. The van der Waals surface area contributed by atoms with Crippen LogP contribution in [-0.4, -0.2) is 9.91 Å². The normalized spacial score (nSPS) is 10.9. The molecule has 0 saturated carbocycles. The van der Waals surface area contributed by atoms with Crippen molar-refractivity contribution in [3.8, 4) is 6.07 Å². The van der Waals surface area contributed by atoms with E-state index in [0.29, 0.717) is 12.3 Å². The molecule has 0 amide bonds. The number of hydrogen-bond donors (Lipinski definition) is 0. The van der Waals surface area contributed by atoms with Gasteiger partial charge in [-0.3, -0.25) is 10.1 Å². The molecular weight excluding hydrogens is 227 g/mol. The van der Waals surface area contributed by atoms with Gasteiger partial charge in [0, 0.05) is 11.6 Å². The Bertz CT molecular complexity index is 465. The first kappa shape index (κ1) is 11.9. The Kier molecular flexibility index (Phi) is 3.08. The van der Waals surface area contributed by atoms with E-state index in [9.17, 15) is 23.3 Å². The van der Waals surface area contributed by atoms with E-state index in [1.807, 2.05) is 0 Å². The molecule has 16 heavy (non-hydrogen) atoms. The third-order valence-corrected chi connectivity index (χ3v) is 1.70. The van der Waals surface area contributed by atoms with E-state index in [0.717, 1.165) is 0 Å². The first-order valence-electron chi connectivity index (χ1n) is 3.93. The van der Waals surface area contributed by atoms with Gasteiger partial charge in [0.1, 0.15) is 11.9 Å². The van der Waals surface area contributed by atoms with Crippen LogP contribution in [0.2, 0.25) is 0 Å². The molecule has 5 nitrogen and oxygen atoms in total. The van der Waals surface area contributed by atoms with E-state index < -0.39 is 34.5 Å². The van der Waals surface area contributed by atoms with Crippen LogP contribution in [0, 0.1) is 21.4 Å². The molecular formula is C8H4F3N3O2. The average molecular weight is 231 g/mol. The molecule has 0 aliphatic rings. The van der Waals surface area contributed by atoms with E-state index in [1.165, 1.54) is 6.07 Å². The summed E-state index contributed by atoms with van der Waals surface area (Å²) in [7, 11) is 0. The largest absolute Gasteiger partial charge is 0.433 e. The fourth-order valence-electron chi connectivity index (χ4n) is 1.07. The Morgan fingerprint density at radius 1 is 1.56 bits per heavy atom. The number of pyridine rings is 1. The third-order valence-electron chi connectivity index (χ3n) is 1.70. The second kappa shape index (κ2) is 4.14. The maximum atomic E-state index is 12.4. The van der Waals surface area contributed by atoms with Crippen molar-refractivity contribution in [3.63, 3.8) is 0 Å². The van der Waals surface area contributed by atoms with E-state index in [1.54, 1.807) is 0 Å². The monoisotopic (exact) mass is 231 g/mol. The predicted molar refractivity (Wildman–Crippen MR) is 45.2 cm³/mol. The molecule has 0 saturated heterocycles. The molecule has 0 fully saturated rings. The van der Waals surface area contributed by atoms with Gasteiger partial charge in [-0.15, -0.1) is 0 Å². The number of nitrogens with zero attached hydrogens (tertiary/aromatic N) is 3. The molecule has 0 bridgehead atoms. The molecule has 84 valence electrons. The summed E-state index contributed by atoms with van der Waals surface area (Å²) in [5, 5.41) is 18.6. The number of rotatable bonds is 2. The number of nitro groups is 1. The van der Waals surface area contributed by atoms with E-state index in [-0.39, 0.29) is 0 Å². The van der Waals surface area contributed by atoms with E-state index in [4.69, 9.17) is 5.26 Å². The minimum absolute atomic E-state index is 0.496. The number of halogens is 3. The number of alkyl halides is 3. The highest BCUT2D eigenvalue weighted by Crippen LogP contribution is 2.31. The van der Waals surface area contributed by atoms with Crippen molar-refractivity contribution in [3.05, 3.63) is 33.6 Å². The molecule has 0 N–H and O–H groups in total. The van der Waals surface area contributed by atoms with Gasteiger partial charge in [-0.05, 0) is 0 Å². The zero-order chi connectivity index (χ0) is 12.3. The Morgan fingerprint density at radius 2 is 2.19 bits per heavy atom. The van der Waals surface area contributed by atoms with Gasteiger partial charge < -0.3 is 0 Å². The van der Waals surface area contributed by atoms with Crippen molar-refractivity contribution in [1.82, 2.24) is 4.98 Å². The standard InChI is InChI=1S/C8H4F3N3O2/c9-8(10,11)7-5(1-2-12)3-6(4-13-7)14(15)16/h3-4H,1H2. The van der Waals surface area contributed by atoms with Crippen molar-refractivity contribution in [1.29, 1.82) is 5.26 Å². The summed E-state index contributed by atoms with van der Waals surface area (Å²) in [6, 6.07) is 2.21. The lowest BCUT2D eigenvalue weighted by Crippen LogP contribution is -2.12. The summed E-state index contributed by atoms with van der Waals surface area (Å²) in [4.78, 5) is 12.4. The van der Waals surface area contributed by atoms with Gasteiger partial charge in [0.25, 0.3) is 5.69 Å². The van der Waals surface area contributed by atoms with Crippen LogP contribution in [0.25, 0.3) is 0 Å². The molecule has 1 heterocycles. The van der Waals surface area contributed by atoms with Crippen LogP contribution in [0.3, 0.4) is 0 Å². The summed E-state index contributed by atoms with van der Waals surface area (Å²) in [6.07, 6.45) is -4.78. The number of aromatic nitrogens is 1. The summed E-state index contributed by atoms with van der Waals surface area (Å²) in [6.45, 7) is 0. The summed E-state index contributed by atoms with van der Waals surface area (Å²) < 4.78 is 37.1. The lowest BCUT2D eigenvalue weighted by atomic mass is 10.1. The average Bonchev–Trinajstić information content (AvgIpc) is 2.16. The molecule has 0 aromatic carbocycles. The summed E-state index contributed by atoms with van der Waals surface area (Å²) >= 11 is 0. The molecule has 1 aromatic heterocycles. The lowest BCUT2D eigenvalue weighted by molar-refractivity contribution is -0.385. The molecule has 8 heteroatoms. The first-order chi connectivity index (χ1) is 7.36. The maximum absolute atomic E-state index is 12.4. The van der Waals surface area contributed by atoms with Gasteiger partial charge in [-0.1, -0.05) is 0 Å². The predicted octanol–water partition coefficient (Wildman–Crippen LogP) is 2.07. The van der Waals surface area contributed by atoms with Crippen molar-refractivity contribution >= 4 is 5.69 Å². The molecule has 0 radical (unpaired) electrons. The minimum Gasteiger partial charge on any atom is -0.258 e. The number of nitriles is 1. The van der Waals surface area contributed by atoms with Crippen LogP contribution in [-0.2, 0) is 12.6 Å². The van der Waals surface area contributed by atoms with Crippen LogP contribution in [0.4, 0.5) is 18.9 Å². The molecule has 0 aliphatic heterocycles. The third kappa shape index (κ3) is 2.44. The summed E-state index contributed by atoms with van der Waals surface area (Å²) in [5.41, 5.74) is -2.33. The smallest absolute Gasteiger partial charge is 0.258 e. The zero-order valence-electron chi connectivity index (χ0n) is 7.65. The SMILES string of the molecule is N#CCc1cc([N+](=O)[O-])cnc1C(F)(F)F. The minimum atomic E-state index is -4.72. The Balaban J connectivity index is 3.31. The second-order valence-electron chi connectivity index (χ2n) is 2.79. The van der Waals surface area contributed by atoms with Crippen molar-refractivity contribution in [2.45, 2.75) is 12.6 Å².